The van der Waals surface area contributed by atoms with Crippen LogP contribution in [0.25, 0.3) is 11.0 Å². The number of fused-ring (bicyclic) bond motifs is 1. The average molecular weight is 362 g/mol. The van der Waals surface area contributed by atoms with Gasteiger partial charge in [-0.2, -0.15) is 8.42 Å². The van der Waals surface area contributed by atoms with Gasteiger partial charge in [-0.25, -0.2) is 9.18 Å². The number of hydrogen-bond donors (Lipinski definition) is 0. The molecule has 0 saturated carbocycles. The Morgan fingerprint density at radius 1 is 1.12 bits per heavy atom. The molecule has 0 atom stereocenters. The summed E-state index contributed by atoms with van der Waals surface area (Å²) in [6, 6.07) is 8.84. The van der Waals surface area contributed by atoms with Gasteiger partial charge in [-0.1, -0.05) is 6.92 Å². The summed E-state index contributed by atoms with van der Waals surface area (Å²) in [6.07, 6.45) is 0.517. The number of benzene rings is 2. The number of halogens is 1. The molecule has 0 fully saturated rings. The van der Waals surface area contributed by atoms with Crippen LogP contribution in [-0.2, 0) is 16.5 Å². The van der Waals surface area contributed by atoms with E-state index in [2.05, 4.69) is 0 Å². The maximum absolute atomic E-state index is 13.0. The summed E-state index contributed by atoms with van der Waals surface area (Å²) in [7, 11) is -4.14. The Hall–Kier alpha value is -2.67. The second kappa shape index (κ2) is 6.33. The average Bonchev–Trinajstić information content (AvgIpc) is 2.54. The molecule has 5 nitrogen and oxygen atoms in total. The zero-order chi connectivity index (χ0) is 18.2. The Kier molecular flexibility index (Phi) is 4.34. The minimum Gasteiger partial charge on any atom is -0.423 e. The summed E-state index contributed by atoms with van der Waals surface area (Å²) in [5.41, 5.74) is 1.09. The maximum atomic E-state index is 13.0. The lowest BCUT2D eigenvalue weighted by atomic mass is 10.1. The van der Waals surface area contributed by atoms with Gasteiger partial charge < -0.3 is 8.60 Å². The molecule has 1 aromatic heterocycles. The third-order valence-corrected chi connectivity index (χ3v) is 5.06. The minimum atomic E-state index is -4.14. The van der Waals surface area contributed by atoms with E-state index in [-0.39, 0.29) is 16.2 Å². The molecule has 0 bridgehead atoms. The lowest BCUT2D eigenvalue weighted by molar-refractivity contribution is 0.482. The van der Waals surface area contributed by atoms with Crippen molar-refractivity contribution in [2.24, 2.45) is 0 Å². The van der Waals surface area contributed by atoms with Crippen LogP contribution >= 0.6 is 0 Å². The summed E-state index contributed by atoms with van der Waals surface area (Å²) in [5, 5.41) is 0.711. The molecule has 0 spiro atoms. The summed E-state index contributed by atoms with van der Waals surface area (Å²) in [5.74, 6) is -0.468. The quantitative estimate of drug-likeness (QED) is 0.524. The third kappa shape index (κ3) is 3.41. The fourth-order valence-corrected chi connectivity index (χ4v) is 3.47. The first kappa shape index (κ1) is 17.2. The van der Waals surface area contributed by atoms with Crippen molar-refractivity contribution in [2.75, 3.05) is 0 Å². The summed E-state index contributed by atoms with van der Waals surface area (Å²) in [6.45, 7) is 3.63. The molecule has 130 valence electrons. The lowest BCUT2D eigenvalue weighted by Gasteiger charge is -2.12. The maximum Gasteiger partial charge on any atom is 0.339 e. The van der Waals surface area contributed by atoms with Crippen LogP contribution in [0.15, 0.2) is 56.6 Å². The largest absolute Gasteiger partial charge is 0.423 e. The Bertz CT molecular complexity index is 1100. The SMILES string of the molecule is CCc1cc2c(C)cc(=O)oc2cc1OS(=O)(=O)c1ccc(F)cc1. The highest BCUT2D eigenvalue weighted by molar-refractivity contribution is 7.87. The number of hydrogen-bond acceptors (Lipinski definition) is 5. The summed E-state index contributed by atoms with van der Waals surface area (Å²) >= 11 is 0. The van der Waals surface area contributed by atoms with E-state index in [0.717, 1.165) is 29.8 Å². The van der Waals surface area contributed by atoms with Gasteiger partial charge in [0.15, 0.2) is 0 Å². The first-order valence-corrected chi connectivity index (χ1v) is 8.98. The molecule has 25 heavy (non-hydrogen) atoms. The molecule has 0 aliphatic rings. The molecule has 0 amide bonds. The molecule has 0 radical (unpaired) electrons. The topological polar surface area (TPSA) is 73.6 Å². The van der Waals surface area contributed by atoms with Crippen LogP contribution < -0.4 is 9.81 Å². The Morgan fingerprint density at radius 2 is 1.80 bits per heavy atom. The van der Waals surface area contributed by atoms with E-state index in [1.165, 1.54) is 12.1 Å². The first-order valence-electron chi connectivity index (χ1n) is 7.57. The van der Waals surface area contributed by atoms with E-state index >= 15 is 0 Å². The molecule has 2 aromatic carbocycles. The standard InChI is InChI=1S/C18H15FO5S/c1-3-12-9-15-11(2)8-18(20)23-17(15)10-16(12)24-25(21,22)14-6-4-13(19)5-7-14/h4-10H,3H2,1-2H3. The van der Waals surface area contributed by atoms with Crippen LogP contribution in [0.5, 0.6) is 5.75 Å². The van der Waals surface area contributed by atoms with Crippen molar-refractivity contribution in [3.63, 3.8) is 0 Å². The zero-order valence-corrected chi connectivity index (χ0v) is 14.4. The molecule has 1 heterocycles. The Morgan fingerprint density at radius 3 is 2.44 bits per heavy atom. The molecule has 7 heteroatoms. The van der Waals surface area contributed by atoms with E-state index in [0.29, 0.717) is 17.4 Å². The summed E-state index contributed by atoms with van der Waals surface area (Å²) < 4.78 is 48.2. The van der Waals surface area contributed by atoms with Gasteiger partial charge in [0.25, 0.3) is 0 Å². The van der Waals surface area contributed by atoms with Gasteiger partial charge >= 0.3 is 15.7 Å². The lowest BCUT2D eigenvalue weighted by Crippen LogP contribution is -2.11. The van der Waals surface area contributed by atoms with E-state index < -0.39 is 21.6 Å². The first-order chi connectivity index (χ1) is 11.8. The smallest absolute Gasteiger partial charge is 0.339 e. The molecule has 0 saturated heterocycles. The summed E-state index contributed by atoms with van der Waals surface area (Å²) in [4.78, 5) is 11.4. The van der Waals surface area contributed by atoms with Crippen LogP contribution in [0.3, 0.4) is 0 Å². The minimum absolute atomic E-state index is 0.0769. The van der Waals surface area contributed by atoms with Crippen molar-refractivity contribution in [1.82, 2.24) is 0 Å². The van der Waals surface area contributed by atoms with Crippen molar-refractivity contribution in [1.29, 1.82) is 0 Å². The third-order valence-electron chi connectivity index (χ3n) is 3.82. The van der Waals surface area contributed by atoms with Crippen LogP contribution in [-0.4, -0.2) is 8.42 Å². The zero-order valence-electron chi connectivity index (χ0n) is 13.6. The molecular weight excluding hydrogens is 347 g/mol. The second-order valence-corrected chi connectivity index (χ2v) is 7.10. The van der Waals surface area contributed by atoms with Crippen molar-refractivity contribution in [2.45, 2.75) is 25.2 Å². The highest BCUT2D eigenvalue weighted by Gasteiger charge is 2.19. The van der Waals surface area contributed by atoms with Crippen LogP contribution in [0, 0.1) is 12.7 Å². The van der Waals surface area contributed by atoms with Crippen molar-refractivity contribution >= 4 is 21.1 Å². The van der Waals surface area contributed by atoms with Crippen molar-refractivity contribution < 1.29 is 21.4 Å². The molecular formula is C18H15FO5S. The predicted molar refractivity (Wildman–Crippen MR) is 90.8 cm³/mol. The second-order valence-electron chi connectivity index (χ2n) is 5.55. The number of rotatable bonds is 4. The van der Waals surface area contributed by atoms with Gasteiger partial charge in [-0.05, 0) is 54.8 Å². The highest BCUT2D eigenvalue weighted by Crippen LogP contribution is 2.30. The van der Waals surface area contributed by atoms with Gasteiger partial charge in [0.1, 0.15) is 22.0 Å². The predicted octanol–water partition coefficient (Wildman–Crippen LogP) is 3.57. The highest BCUT2D eigenvalue weighted by atomic mass is 32.2. The van der Waals surface area contributed by atoms with E-state index in [1.54, 1.807) is 13.0 Å². The molecule has 0 N–H and O–H groups in total. The van der Waals surface area contributed by atoms with Crippen LogP contribution in [0.1, 0.15) is 18.1 Å². The van der Waals surface area contributed by atoms with E-state index in [9.17, 15) is 17.6 Å². The van der Waals surface area contributed by atoms with Crippen molar-refractivity contribution in [3.8, 4) is 5.75 Å². The monoisotopic (exact) mass is 362 g/mol. The molecule has 0 aliphatic carbocycles. The van der Waals surface area contributed by atoms with Gasteiger partial charge in [0.2, 0.25) is 0 Å². The Balaban J connectivity index is 2.11. The Labute approximate surface area is 143 Å². The van der Waals surface area contributed by atoms with Crippen molar-refractivity contribution in [3.05, 3.63) is 69.8 Å². The molecule has 3 rings (SSSR count). The normalized spacial score (nSPS) is 11.6. The van der Waals surface area contributed by atoms with Gasteiger partial charge in [-0.3, -0.25) is 0 Å². The fourth-order valence-electron chi connectivity index (χ4n) is 2.51. The van der Waals surface area contributed by atoms with E-state index in [1.807, 2.05) is 6.92 Å². The molecule has 3 aromatic rings. The van der Waals surface area contributed by atoms with Crippen LogP contribution in [0.2, 0.25) is 0 Å². The molecule has 0 unspecified atom stereocenters. The van der Waals surface area contributed by atoms with Gasteiger partial charge in [0.05, 0.1) is 0 Å². The molecule has 0 aliphatic heterocycles. The number of aryl methyl sites for hydroxylation is 2. The van der Waals surface area contributed by atoms with E-state index in [4.69, 9.17) is 8.60 Å². The van der Waals surface area contributed by atoms with Gasteiger partial charge in [-0.15, -0.1) is 0 Å². The van der Waals surface area contributed by atoms with Crippen LogP contribution in [0.4, 0.5) is 4.39 Å². The van der Waals surface area contributed by atoms with Gasteiger partial charge in [0, 0.05) is 17.5 Å². The fraction of sp³-hybridized carbons (Fsp3) is 0.167.